The van der Waals surface area contributed by atoms with E-state index < -0.39 is 0 Å². The second-order valence-electron chi connectivity index (χ2n) is 4.60. The van der Waals surface area contributed by atoms with E-state index in [1.165, 1.54) is 16.7 Å². The van der Waals surface area contributed by atoms with Crippen molar-refractivity contribution in [3.05, 3.63) is 51.3 Å². The molecule has 0 aliphatic carbocycles. The highest BCUT2D eigenvalue weighted by atomic mass is 32.2. The van der Waals surface area contributed by atoms with Crippen molar-refractivity contribution < 1.29 is 0 Å². The molecule has 0 radical (unpaired) electrons. The van der Waals surface area contributed by atoms with Crippen LogP contribution in [0.1, 0.15) is 30.5 Å². The van der Waals surface area contributed by atoms with Crippen molar-refractivity contribution in [3.63, 3.8) is 0 Å². The largest absolute Gasteiger partial charge is 0.399 e. The number of thioether (sulfide) groups is 1. The maximum Gasteiger partial charge on any atom is 0.0346 e. The summed E-state index contributed by atoms with van der Waals surface area (Å²) < 4.78 is 0. The summed E-state index contributed by atoms with van der Waals surface area (Å²) in [5.74, 6) is 0. The molecule has 0 aliphatic rings. The topological polar surface area (TPSA) is 26.0 Å². The Bertz CT molecular complexity index is 458. The summed E-state index contributed by atoms with van der Waals surface area (Å²) in [6, 6.07) is 4.25. The van der Waals surface area contributed by atoms with E-state index in [9.17, 15) is 0 Å². The van der Waals surface area contributed by atoms with Crippen LogP contribution in [-0.2, 0) is 6.42 Å². The Hall–Kier alpha value is -1.15. The number of nitrogen functional groups attached to an aromatic ring is 1. The molecule has 0 heterocycles. The molecule has 17 heavy (non-hydrogen) atoms. The Morgan fingerprint density at radius 1 is 1.29 bits per heavy atom. The molecule has 2 heteroatoms. The van der Waals surface area contributed by atoms with Crippen LogP contribution in [-0.4, -0.2) is 0 Å². The molecule has 0 fully saturated rings. The van der Waals surface area contributed by atoms with Gasteiger partial charge < -0.3 is 5.73 Å². The summed E-state index contributed by atoms with van der Waals surface area (Å²) in [5.41, 5.74) is 11.9. The van der Waals surface area contributed by atoms with E-state index in [4.69, 9.17) is 5.73 Å². The molecule has 1 rings (SSSR count). The molecule has 0 saturated carbocycles. The first-order chi connectivity index (χ1) is 7.90. The molecule has 0 atom stereocenters. The van der Waals surface area contributed by atoms with E-state index in [2.05, 4.69) is 44.9 Å². The average Bonchev–Trinajstić information content (AvgIpc) is 2.23. The first-order valence-corrected chi connectivity index (χ1v) is 6.61. The number of benzene rings is 1. The van der Waals surface area contributed by atoms with Gasteiger partial charge in [0, 0.05) is 5.69 Å². The van der Waals surface area contributed by atoms with Gasteiger partial charge in [0.1, 0.15) is 0 Å². The molecule has 0 aliphatic heterocycles. The van der Waals surface area contributed by atoms with Crippen molar-refractivity contribution in [1.82, 2.24) is 0 Å². The van der Waals surface area contributed by atoms with Crippen molar-refractivity contribution >= 4 is 17.4 Å². The molecule has 92 valence electrons. The van der Waals surface area contributed by atoms with Crippen LogP contribution < -0.4 is 5.73 Å². The van der Waals surface area contributed by atoms with Gasteiger partial charge in [0.15, 0.2) is 0 Å². The van der Waals surface area contributed by atoms with Gasteiger partial charge in [-0.3, -0.25) is 0 Å². The van der Waals surface area contributed by atoms with Gasteiger partial charge >= 0.3 is 0 Å². The Kier molecular flexibility index (Phi) is 4.88. The zero-order valence-electron chi connectivity index (χ0n) is 11.1. The lowest BCUT2D eigenvalue weighted by atomic mass is 9.99. The summed E-state index contributed by atoms with van der Waals surface area (Å²) in [5, 5.41) is 2.17. The molecular formula is C15H21NS. The van der Waals surface area contributed by atoms with Gasteiger partial charge in [0.25, 0.3) is 0 Å². The number of rotatable bonds is 4. The van der Waals surface area contributed by atoms with Crippen LogP contribution in [0.2, 0.25) is 0 Å². The van der Waals surface area contributed by atoms with Gasteiger partial charge in [0.05, 0.1) is 0 Å². The highest BCUT2D eigenvalue weighted by molar-refractivity contribution is 8.05. The quantitative estimate of drug-likeness (QED) is 0.787. The van der Waals surface area contributed by atoms with Gasteiger partial charge in [-0.05, 0) is 67.2 Å². The monoisotopic (exact) mass is 247 g/mol. The molecule has 1 aromatic carbocycles. The molecule has 0 bridgehead atoms. The molecule has 0 saturated heterocycles. The third kappa shape index (κ3) is 4.31. The maximum absolute atomic E-state index is 5.89. The van der Waals surface area contributed by atoms with Gasteiger partial charge in [-0.2, -0.15) is 0 Å². The molecule has 1 nitrogen and oxygen atoms in total. The van der Waals surface area contributed by atoms with E-state index in [-0.39, 0.29) is 0 Å². The Morgan fingerprint density at radius 2 is 1.94 bits per heavy atom. The fraction of sp³-hybridized carbons (Fsp3) is 0.333. The second-order valence-corrected chi connectivity index (χ2v) is 5.76. The predicted molar refractivity (Wildman–Crippen MR) is 80.2 cm³/mol. The van der Waals surface area contributed by atoms with E-state index in [1.807, 2.05) is 6.92 Å². The SMILES string of the molecule is C=C(C)S/C=C(\C)Cc1cc(C)c(N)cc1C. The molecule has 0 amide bonds. The molecule has 1 aromatic rings. The van der Waals surface area contributed by atoms with Crippen molar-refractivity contribution in [2.24, 2.45) is 0 Å². The van der Waals surface area contributed by atoms with Crippen molar-refractivity contribution in [2.45, 2.75) is 34.1 Å². The minimum Gasteiger partial charge on any atom is -0.399 e. The summed E-state index contributed by atoms with van der Waals surface area (Å²) in [6.45, 7) is 12.2. The third-order valence-electron chi connectivity index (χ3n) is 2.66. The summed E-state index contributed by atoms with van der Waals surface area (Å²) in [6.07, 6.45) is 0.979. The smallest absolute Gasteiger partial charge is 0.0346 e. The number of allylic oxidation sites excluding steroid dienone is 2. The van der Waals surface area contributed by atoms with E-state index >= 15 is 0 Å². The highest BCUT2D eigenvalue weighted by Gasteiger charge is 2.03. The van der Waals surface area contributed by atoms with Crippen LogP contribution >= 0.6 is 11.8 Å². The maximum atomic E-state index is 5.89. The highest BCUT2D eigenvalue weighted by Crippen LogP contribution is 2.22. The number of anilines is 1. The van der Waals surface area contributed by atoms with Crippen molar-refractivity contribution in [3.8, 4) is 0 Å². The summed E-state index contributed by atoms with van der Waals surface area (Å²) in [7, 11) is 0. The van der Waals surface area contributed by atoms with Gasteiger partial charge in [-0.15, -0.1) is 11.8 Å². The summed E-state index contributed by atoms with van der Waals surface area (Å²) >= 11 is 1.69. The molecule has 2 N–H and O–H groups in total. The van der Waals surface area contributed by atoms with Gasteiger partial charge in [-0.25, -0.2) is 0 Å². The molecule has 0 aromatic heterocycles. The number of hydrogen-bond acceptors (Lipinski definition) is 2. The molecule has 0 spiro atoms. The fourth-order valence-electron chi connectivity index (χ4n) is 1.63. The lowest BCUT2D eigenvalue weighted by Gasteiger charge is -2.10. The van der Waals surface area contributed by atoms with Crippen LogP contribution in [0.15, 0.2) is 34.6 Å². The van der Waals surface area contributed by atoms with E-state index in [0.29, 0.717) is 0 Å². The third-order valence-corrected chi connectivity index (χ3v) is 3.58. The molecule has 0 unspecified atom stereocenters. The zero-order valence-corrected chi connectivity index (χ0v) is 11.9. The zero-order chi connectivity index (χ0) is 13.0. The van der Waals surface area contributed by atoms with Gasteiger partial charge in [-0.1, -0.05) is 18.2 Å². The van der Waals surface area contributed by atoms with E-state index in [1.54, 1.807) is 11.8 Å². The Balaban J connectivity index is 2.85. The second kappa shape index (κ2) is 5.97. The minimum atomic E-state index is 0.879. The Labute approximate surface area is 109 Å². The first-order valence-electron chi connectivity index (χ1n) is 5.73. The fourth-order valence-corrected chi connectivity index (χ4v) is 2.12. The Morgan fingerprint density at radius 3 is 2.53 bits per heavy atom. The lowest BCUT2D eigenvalue weighted by Crippen LogP contribution is -1.96. The number of nitrogens with two attached hydrogens (primary N) is 1. The normalized spacial score (nSPS) is 11.6. The number of aryl methyl sites for hydroxylation is 2. The van der Waals surface area contributed by atoms with Crippen molar-refractivity contribution in [2.75, 3.05) is 5.73 Å². The standard InChI is InChI=1S/C15H21NS/c1-10(2)17-9-11(3)6-14-7-13(5)15(16)8-12(14)4/h7-9H,1,6,16H2,2-5H3/b11-9+. The van der Waals surface area contributed by atoms with Crippen LogP contribution in [0.5, 0.6) is 0 Å². The van der Waals surface area contributed by atoms with Crippen LogP contribution in [0, 0.1) is 13.8 Å². The summed E-state index contributed by atoms with van der Waals surface area (Å²) in [4.78, 5) is 1.12. The minimum absolute atomic E-state index is 0.879. The van der Waals surface area contributed by atoms with Gasteiger partial charge in [0.2, 0.25) is 0 Å². The molecular weight excluding hydrogens is 226 g/mol. The van der Waals surface area contributed by atoms with Crippen LogP contribution in [0.25, 0.3) is 0 Å². The van der Waals surface area contributed by atoms with Crippen molar-refractivity contribution in [1.29, 1.82) is 0 Å². The average molecular weight is 247 g/mol. The van der Waals surface area contributed by atoms with Crippen LogP contribution in [0.3, 0.4) is 0 Å². The van der Waals surface area contributed by atoms with Crippen LogP contribution in [0.4, 0.5) is 5.69 Å². The first kappa shape index (κ1) is 13.9. The predicted octanol–water partition coefficient (Wildman–Crippen LogP) is 4.60. The van der Waals surface area contributed by atoms with E-state index in [0.717, 1.165) is 22.6 Å². The lowest BCUT2D eigenvalue weighted by molar-refractivity contribution is 1.11. The number of hydrogen-bond donors (Lipinski definition) is 1.